The molecule has 1 aromatic rings. The standard InChI is InChI=1S/C16H14O10/c17-8-3-1-7(5-9(8)18)2-4-12(19)25-10-6-11(15(21)22)26-14(13(10)20)16(23)24/h1-6,10,13-14,17-18,20H,(H,21,22)(H,23,24)/b4-2+/t10-,13+,14-/m1/s1. The molecule has 10 heteroatoms. The van der Waals surface area contributed by atoms with Crippen LogP contribution < -0.4 is 0 Å². The maximum absolute atomic E-state index is 11.8. The normalized spacial score (nSPS) is 22.3. The molecule has 138 valence electrons. The second kappa shape index (κ2) is 7.57. The van der Waals surface area contributed by atoms with Crippen LogP contribution in [0.1, 0.15) is 5.56 Å². The first-order chi connectivity index (χ1) is 12.2. The molecule has 0 radical (unpaired) electrons. The van der Waals surface area contributed by atoms with Crippen molar-refractivity contribution in [3.63, 3.8) is 0 Å². The molecule has 0 fully saturated rings. The predicted molar refractivity (Wildman–Crippen MR) is 82.9 cm³/mol. The molecule has 0 spiro atoms. The number of carboxylic acids is 2. The zero-order valence-corrected chi connectivity index (χ0v) is 13.0. The lowest BCUT2D eigenvalue weighted by atomic mass is 10.0. The molecule has 5 N–H and O–H groups in total. The molecular weight excluding hydrogens is 352 g/mol. The van der Waals surface area contributed by atoms with Crippen LogP contribution in [0.15, 0.2) is 36.1 Å². The molecule has 1 aromatic carbocycles. The highest BCUT2D eigenvalue weighted by atomic mass is 16.6. The summed E-state index contributed by atoms with van der Waals surface area (Å²) in [5.41, 5.74) is 0.343. The number of esters is 1. The summed E-state index contributed by atoms with van der Waals surface area (Å²) in [5, 5.41) is 46.3. The molecule has 3 atom stereocenters. The van der Waals surface area contributed by atoms with E-state index < -0.39 is 47.7 Å². The lowest BCUT2D eigenvalue weighted by Crippen LogP contribution is -2.48. The van der Waals surface area contributed by atoms with Gasteiger partial charge in [-0.25, -0.2) is 14.4 Å². The lowest BCUT2D eigenvalue weighted by Gasteiger charge is -2.30. The van der Waals surface area contributed by atoms with Crippen LogP contribution in [0.25, 0.3) is 6.08 Å². The first-order valence-electron chi connectivity index (χ1n) is 7.12. The maximum atomic E-state index is 11.8. The maximum Gasteiger partial charge on any atom is 0.370 e. The molecule has 0 saturated heterocycles. The third-order valence-corrected chi connectivity index (χ3v) is 3.33. The molecule has 0 bridgehead atoms. The Balaban J connectivity index is 2.13. The van der Waals surface area contributed by atoms with Gasteiger partial charge in [-0.15, -0.1) is 0 Å². The third-order valence-electron chi connectivity index (χ3n) is 3.33. The van der Waals surface area contributed by atoms with Gasteiger partial charge in [0.25, 0.3) is 0 Å². The summed E-state index contributed by atoms with van der Waals surface area (Å²) < 4.78 is 9.51. The van der Waals surface area contributed by atoms with Crippen molar-refractivity contribution in [1.29, 1.82) is 0 Å². The monoisotopic (exact) mass is 366 g/mol. The molecule has 10 nitrogen and oxygen atoms in total. The van der Waals surface area contributed by atoms with Gasteiger partial charge in [-0.1, -0.05) is 6.07 Å². The van der Waals surface area contributed by atoms with Crippen LogP contribution in [0, 0.1) is 0 Å². The van der Waals surface area contributed by atoms with E-state index in [2.05, 4.69) is 4.74 Å². The molecule has 26 heavy (non-hydrogen) atoms. The summed E-state index contributed by atoms with van der Waals surface area (Å²) in [5.74, 6) is -5.73. The number of phenols is 2. The Kier molecular flexibility index (Phi) is 5.48. The number of hydrogen-bond acceptors (Lipinski definition) is 8. The van der Waals surface area contributed by atoms with Crippen LogP contribution in [0.2, 0.25) is 0 Å². The molecule has 1 aliphatic rings. The number of aromatic hydroxyl groups is 2. The van der Waals surface area contributed by atoms with Gasteiger partial charge in [0.1, 0.15) is 6.10 Å². The Morgan fingerprint density at radius 3 is 2.38 bits per heavy atom. The largest absolute Gasteiger partial charge is 0.504 e. The van der Waals surface area contributed by atoms with E-state index in [0.717, 1.165) is 12.2 Å². The lowest BCUT2D eigenvalue weighted by molar-refractivity contribution is -0.172. The summed E-state index contributed by atoms with van der Waals surface area (Å²) in [7, 11) is 0. The topological polar surface area (TPSA) is 171 Å². The molecule has 1 heterocycles. The van der Waals surface area contributed by atoms with Crippen molar-refractivity contribution in [2.45, 2.75) is 18.3 Å². The third kappa shape index (κ3) is 4.30. The number of ether oxygens (including phenoxy) is 2. The van der Waals surface area contributed by atoms with Gasteiger partial charge in [0.05, 0.1) is 0 Å². The second-order valence-electron chi connectivity index (χ2n) is 5.19. The van der Waals surface area contributed by atoms with Crippen LogP contribution in [0.4, 0.5) is 0 Å². The molecule has 0 aliphatic carbocycles. The van der Waals surface area contributed by atoms with Crippen molar-refractivity contribution in [2.75, 3.05) is 0 Å². The van der Waals surface area contributed by atoms with Gasteiger partial charge in [-0.2, -0.15) is 0 Å². The van der Waals surface area contributed by atoms with Gasteiger partial charge in [0, 0.05) is 12.2 Å². The van der Waals surface area contributed by atoms with Gasteiger partial charge >= 0.3 is 17.9 Å². The number of aliphatic hydroxyl groups excluding tert-OH is 1. The Bertz CT molecular complexity index is 794. The van der Waals surface area contributed by atoms with E-state index in [-0.39, 0.29) is 5.75 Å². The number of carbonyl (C=O) groups excluding carboxylic acids is 1. The molecule has 1 aliphatic heterocycles. The number of rotatable bonds is 5. The van der Waals surface area contributed by atoms with Gasteiger partial charge in [-0.3, -0.25) is 0 Å². The minimum atomic E-state index is -1.91. The fraction of sp³-hybridized carbons (Fsp3) is 0.188. The Morgan fingerprint density at radius 1 is 1.12 bits per heavy atom. The van der Waals surface area contributed by atoms with Crippen molar-refractivity contribution in [2.24, 2.45) is 0 Å². The summed E-state index contributed by atoms with van der Waals surface area (Å²) in [6.07, 6.45) is -2.36. The summed E-state index contributed by atoms with van der Waals surface area (Å²) in [6, 6.07) is 3.76. The number of hydrogen-bond donors (Lipinski definition) is 5. The van der Waals surface area contributed by atoms with Crippen LogP contribution in [-0.2, 0) is 23.9 Å². The molecule has 0 amide bonds. The summed E-state index contributed by atoms with van der Waals surface area (Å²) in [6.45, 7) is 0. The fourth-order valence-electron chi connectivity index (χ4n) is 2.07. The van der Waals surface area contributed by atoms with Gasteiger partial charge in [-0.05, 0) is 23.8 Å². The van der Waals surface area contributed by atoms with Crippen molar-refractivity contribution >= 4 is 24.0 Å². The smallest absolute Gasteiger partial charge is 0.370 e. The average Bonchev–Trinajstić information content (AvgIpc) is 2.57. The number of phenolic OH excluding ortho intramolecular Hbond substituents is 2. The van der Waals surface area contributed by atoms with Gasteiger partial charge < -0.3 is 35.0 Å². The van der Waals surface area contributed by atoms with E-state index in [9.17, 15) is 29.7 Å². The van der Waals surface area contributed by atoms with Gasteiger partial charge in [0.15, 0.2) is 17.6 Å². The number of carbonyl (C=O) groups is 3. The predicted octanol–water partition coefficient (Wildman–Crippen LogP) is -0.164. The average molecular weight is 366 g/mol. The van der Waals surface area contributed by atoms with Crippen LogP contribution in [-0.4, -0.2) is 61.8 Å². The van der Waals surface area contributed by atoms with E-state index in [1.807, 2.05) is 0 Å². The number of benzene rings is 1. The highest BCUT2D eigenvalue weighted by Gasteiger charge is 2.41. The van der Waals surface area contributed by atoms with Crippen LogP contribution in [0.3, 0.4) is 0 Å². The highest BCUT2D eigenvalue weighted by Crippen LogP contribution is 2.25. The number of carboxylic acid groups (broad SMARTS) is 2. The van der Waals surface area contributed by atoms with Crippen molar-refractivity contribution < 1.29 is 49.4 Å². The summed E-state index contributed by atoms with van der Waals surface area (Å²) >= 11 is 0. The Morgan fingerprint density at radius 2 is 1.81 bits per heavy atom. The van der Waals surface area contributed by atoms with E-state index >= 15 is 0 Å². The molecule has 0 unspecified atom stereocenters. The van der Waals surface area contributed by atoms with Crippen molar-refractivity contribution in [1.82, 2.24) is 0 Å². The van der Waals surface area contributed by atoms with Crippen LogP contribution in [0.5, 0.6) is 11.5 Å². The number of aliphatic hydroxyl groups is 1. The molecular formula is C16H14O10. The van der Waals surface area contributed by atoms with Gasteiger partial charge in [0.2, 0.25) is 11.9 Å². The van der Waals surface area contributed by atoms with E-state index in [1.165, 1.54) is 24.3 Å². The van der Waals surface area contributed by atoms with E-state index in [0.29, 0.717) is 5.56 Å². The Labute approximate surface area is 145 Å². The molecule has 0 saturated carbocycles. The zero-order valence-electron chi connectivity index (χ0n) is 13.0. The Hall–Kier alpha value is -3.53. The molecule has 0 aromatic heterocycles. The highest BCUT2D eigenvalue weighted by molar-refractivity contribution is 5.88. The summed E-state index contributed by atoms with van der Waals surface area (Å²) in [4.78, 5) is 33.8. The SMILES string of the molecule is O=C(/C=C/c1ccc(O)c(O)c1)O[C@@H]1C=C(C(=O)O)O[C@@H](C(=O)O)[C@H]1O. The van der Waals surface area contributed by atoms with Crippen molar-refractivity contribution in [3.05, 3.63) is 41.7 Å². The minimum absolute atomic E-state index is 0.343. The van der Waals surface area contributed by atoms with E-state index in [1.54, 1.807) is 0 Å². The zero-order chi connectivity index (χ0) is 19.4. The second-order valence-corrected chi connectivity index (χ2v) is 5.19. The minimum Gasteiger partial charge on any atom is -0.504 e. The first kappa shape index (κ1) is 18.8. The van der Waals surface area contributed by atoms with E-state index in [4.69, 9.17) is 14.9 Å². The number of aliphatic carboxylic acids is 2. The molecule has 2 rings (SSSR count). The fourth-order valence-corrected chi connectivity index (χ4v) is 2.07. The van der Waals surface area contributed by atoms with Crippen LogP contribution >= 0.6 is 0 Å². The first-order valence-corrected chi connectivity index (χ1v) is 7.12. The quantitative estimate of drug-likeness (QED) is 0.268. The van der Waals surface area contributed by atoms with Crippen molar-refractivity contribution in [3.8, 4) is 11.5 Å².